The first kappa shape index (κ1) is 21.7. The Bertz CT molecular complexity index is 624. The molecule has 0 unspecified atom stereocenters. The van der Waals surface area contributed by atoms with Crippen molar-refractivity contribution in [2.24, 2.45) is 4.99 Å². The number of guanidine groups is 1. The van der Waals surface area contributed by atoms with E-state index >= 15 is 0 Å². The molecule has 1 aromatic rings. The Morgan fingerprint density at radius 1 is 1.19 bits per heavy atom. The average Bonchev–Trinajstić information content (AvgIpc) is 2.48. The van der Waals surface area contributed by atoms with Gasteiger partial charge in [-0.1, -0.05) is 12.1 Å². The van der Waals surface area contributed by atoms with Gasteiger partial charge in [-0.2, -0.15) is 0 Å². The summed E-state index contributed by atoms with van der Waals surface area (Å²) in [6.45, 7) is 10.3. The van der Waals surface area contributed by atoms with Gasteiger partial charge in [0.05, 0.1) is 5.54 Å². The number of carbonyl (C=O) groups is 1. The topological polar surface area (TPSA) is 74.8 Å². The van der Waals surface area contributed by atoms with Gasteiger partial charge in [-0.15, -0.1) is 0 Å². The number of ether oxygens (including phenoxy) is 1. The third kappa shape index (κ3) is 9.25. The molecule has 6 nitrogen and oxygen atoms in total. The molecule has 0 fully saturated rings. The van der Waals surface area contributed by atoms with Crippen LogP contribution in [0.15, 0.2) is 29.3 Å². The van der Waals surface area contributed by atoms with E-state index in [4.69, 9.17) is 4.74 Å². The monoisotopic (exact) mass is 366 g/mol. The predicted octanol–water partition coefficient (Wildman–Crippen LogP) is 2.84. The molecule has 146 valence electrons. The van der Waals surface area contributed by atoms with Gasteiger partial charge in [-0.05, 0) is 58.7 Å². The van der Waals surface area contributed by atoms with Crippen LogP contribution in [0.3, 0.4) is 0 Å². The van der Waals surface area contributed by atoms with Crippen LogP contribution >= 0.6 is 0 Å². The van der Waals surface area contributed by atoms with Crippen LogP contribution in [0.1, 0.15) is 40.2 Å². The average molecular weight is 366 g/mol. The molecule has 3 N–H and O–H groups in total. The number of alkyl carbamates (subject to hydrolysis) is 1. The number of aliphatic imine (C=N–C) groups is 1. The fraction of sp³-hybridized carbons (Fsp3) is 0.579. The number of hydrogen-bond donors (Lipinski definition) is 3. The summed E-state index contributed by atoms with van der Waals surface area (Å²) < 4.78 is 18.5. The molecule has 0 heterocycles. The maximum atomic E-state index is 13.2. The molecule has 0 saturated heterocycles. The summed E-state index contributed by atoms with van der Waals surface area (Å²) >= 11 is 0. The second-order valence-corrected chi connectivity index (χ2v) is 7.74. The zero-order valence-electron chi connectivity index (χ0n) is 16.6. The van der Waals surface area contributed by atoms with Crippen LogP contribution in [0.2, 0.25) is 0 Å². The number of benzene rings is 1. The van der Waals surface area contributed by atoms with Crippen LogP contribution in [0.25, 0.3) is 0 Å². The van der Waals surface area contributed by atoms with Gasteiger partial charge in [-0.3, -0.25) is 4.99 Å². The minimum Gasteiger partial charge on any atom is -0.444 e. The molecular formula is C19H31FN4O2. The molecule has 0 spiro atoms. The van der Waals surface area contributed by atoms with E-state index in [2.05, 4.69) is 20.9 Å². The van der Waals surface area contributed by atoms with Crippen molar-refractivity contribution >= 4 is 12.1 Å². The lowest BCUT2D eigenvalue weighted by Gasteiger charge is -2.29. The summed E-state index contributed by atoms with van der Waals surface area (Å²) in [6, 6.07) is 6.53. The van der Waals surface area contributed by atoms with Gasteiger partial charge < -0.3 is 20.7 Å². The molecule has 1 amide bonds. The molecule has 0 bridgehead atoms. The molecular weight excluding hydrogens is 335 g/mol. The molecule has 7 heteroatoms. The molecule has 1 aromatic carbocycles. The van der Waals surface area contributed by atoms with Crippen LogP contribution in [0, 0.1) is 5.82 Å². The number of nitrogens with zero attached hydrogens (tertiary/aromatic N) is 1. The molecule has 0 atom stereocenters. The molecule has 0 aliphatic heterocycles. The smallest absolute Gasteiger partial charge is 0.408 e. The molecule has 1 rings (SSSR count). The van der Waals surface area contributed by atoms with Crippen molar-refractivity contribution < 1.29 is 13.9 Å². The number of halogens is 1. The number of nitrogens with one attached hydrogen (secondary N) is 3. The Hall–Kier alpha value is -2.31. The quantitative estimate of drug-likeness (QED) is 0.535. The van der Waals surface area contributed by atoms with Crippen LogP contribution in [-0.2, 0) is 11.2 Å². The highest BCUT2D eigenvalue weighted by Gasteiger charge is 2.24. The maximum absolute atomic E-state index is 13.2. The summed E-state index contributed by atoms with van der Waals surface area (Å²) in [6.07, 6.45) is 0.219. The fourth-order valence-electron chi connectivity index (χ4n) is 2.17. The van der Waals surface area contributed by atoms with E-state index in [-0.39, 0.29) is 5.82 Å². The van der Waals surface area contributed by atoms with Gasteiger partial charge in [0.2, 0.25) is 0 Å². The van der Waals surface area contributed by atoms with E-state index in [9.17, 15) is 9.18 Å². The summed E-state index contributed by atoms with van der Waals surface area (Å²) in [5, 5.41) is 9.18. The first-order valence-electron chi connectivity index (χ1n) is 8.71. The fourth-order valence-corrected chi connectivity index (χ4v) is 2.17. The molecule has 0 saturated carbocycles. The van der Waals surface area contributed by atoms with Crippen LogP contribution in [0.4, 0.5) is 9.18 Å². The first-order chi connectivity index (χ1) is 12.0. The highest BCUT2D eigenvalue weighted by molar-refractivity contribution is 5.79. The maximum Gasteiger partial charge on any atom is 0.408 e. The Balaban J connectivity index is 2.41. The Labute approximate surface area is 155 Å². The summed E-state index contributed by atoms with van der Waals surface area (Å²) in [5.41, 5.74) is -0.148. The lowest BCUT2D eigenvalue weighted by Crippen LogP contribution is -2.54. The van der Waals surface area contributed by atoms with E-state index in [1.54, 1.807) is 13.1 Å². The standard InChI is InChI=1S/C19H31FN4O2/c1-18(2,3)26-17(25)24-19(4,5)13-23-16(21-6)22-11-10-14-8-7-9-15(20)12-14/h7-9,12H,10-11,13H2,1-6H3,(H,24,25)(H2,21,22,23). The van der Waals surface area contributed by atoms with Gasteiger partial charge >= 0.3 is 6.09 Å². The van der Waals surface area contributed by atoms with Gasteiger partial charge in [0.25, 0.3) is 0 Å². The second-order valence-electron chi connectivity index (χ2n) is 7.74. The van der Waals surface area contributed by atoms with Gasteiger partial charge in [-0.25, -0.2) is 9.18 Å². The highest BCUT2D eigenvalue weighted by Crippen LogP contribution is 2.09. The summed E-state index contributed by atoms with van der Waals surface area (Å²) in [5.74, 6) is 0.375. The minimum absolute atomic E-state index is 0.236. The van der Waals surface area contributed by atoms with E-state index in [1.807, 2.05) is 40.7 Å². The van der Waals surface area contributed by atoms with Crippen LogP contribution < -0.4 is 16.0 Å². The highest BCUT2D eigenvalue weighted by atomic mass is 19.1. The van der Waals surface area contributed by atoms with Crippen molar-refractivity contribution in [2.45, 2.75) is 52.2 Å². The van der Waals surface area contributed by atoms with E-state index in [0.717, 1.165) is 5.56 Å². The van der Waals surface area contributed by atoms with Gasteiger partial charge in [0.15, 0.2) is 5.96 Å². The van der Waals surface area contributed by atoms with Crippen molar-refractivity contribution in [3.63, 3.8) is 0 Å². The van der Waals surface area contributed by atoms with Crippen molar-refractivity contribution in [3.05, 3.63) is 35.6 Å². The normalized spacial score (nSPS) is 12.5. The van der Waals surface area contributed by atoms with E-state index < -0.39 is 17.2 Å². The molecule has 0 aliphatic rings. The Morgan fingerprint density at radius 3 is 2.46 bits per heavy atom. The van der Waals surface area contributed by atoms with Gasteiger partial charge in [0.1, 0.15) is 11.4 Å². The predicted molar refractivity (Wildman–Crippen MR) is 103 cm³/mol. The first-order valence-corrected chi connectivity index (χ1v) is 8.71. The van der Waals surface area contributed by atoms with Crippen molar-refractivity contribution in [1.29, 1.82) is 0 Å². The molecule has 0 radical (unpaired) electrons. The number of amides is 1. The zero-order valence-corrected chi connectivity index (χ0v) is 16.6. The largest absolute Gasteiger partial charge is 0.444 e. The lowest BCUT2D eigenvalue weighted by molar-refractivity contribution is 0.0474. The zero-order chi connectivity index (χ0) is 19.8. The van der Waals surface area contributed by atoms with Crippen LogP contribution in [-0.4, -0.2) is 43.3 Å². The Morgan fingerprint density at radius 2 is 1.88 bits per heavy atom. The summed E-state index contributed by atoms with van der Waals surface area (Å²) in [7, 11) is 1.67. The van der Waals surface area contributed by atoms with E-state index in [0.29, 0.717) is 25.5 Å². The summed E-state index contributed by atoms with van der Waals surface area (Å²) in [4.78, 5) is 16.1. The van der Waals surface area contributed by atoms with Crippen molar-refractivity contribution in [2.75, 3.05) is 20.1 Å². The van der Waals surface area contributed by atoms with Crippen LogP contribution in [0.5, 0.6) is 0 Å². The van der Waals surface area contributed by atoms with Crippen molar-refractivity contribution in [3.8, 4) is 0 Å². The SMILES string of the molecule is CN=C(NCCc1cccc(F)c1)NCC(C)(C)NC(=O)OC(C)(C)C. The van der Waals surface area contributed by atoms with E-state index in [1.165, 1.54) is 12.1 Å². The number of hydrogen-bond acceptors (Lipinski definition) is 3. The number of carbonyl (C=O) groups excluding carboxylic acids is 1. The third-order valence-corrected chi connectivity index (χ3v) is 3.36. The second kappa shape index (κ2) is 9.40. The Kier molecular flexibility index (Phi) is 7.86. The lowest BCUT2D eigenvalue weighted by atomic mass is 10.1. The number of rotatable bonds is 6. The molecule has 0 aliphatic carbocycles. The van der Waals surface area contributed by atoms with Gasteiger partial charge in [0, 0.05) is 20.1 Å². The minimum atomic E-state index is -0.540. The third-order valence-electron chi connectivity index (χ3n) is 3.36. The molecule has 0 aromatic heterocycles. The molecule has 26 heavy (non-hydrogen) atoms. The van der Waals surface area contributed by atoms with Crippen molar-refractivity contribution in [1.82, 2.24) is 16.0 Å².